The summed E-state index contributed by atoms with van der Waals surface area (Å²) in [5.74, 6) is 0. The molecule has 0 aromatic carbocycles. The number of rotatable bonds is 2. The zero-order valence-electron chi connectivity index (χ0n) is 9.17. The second-order valence-corrected chi connectivity index (χ2v) is 6.02. The van der Waals surface area contributed by atoms with E-state index in [1.807, 2.05) is 0 Å². The van der Waals surface area contributed by atoms with Crippen LogP contribution in [0.4, 0.5) is 0 Å². The summed E-state index contributed by atoms with van der Waals surface area (Å²) in [6.45, 7) is 3.56. The van der Waals surface area contributed by atoms with Crippen LogP contribution >= 0.6 is 11.8 Å². The van der Waals surface area contributed by atoms with Gasteiger partial charge in [-0.1, -0.05) is 19.3 Å². The summed E-state index contributed by atoms with van der Waals surface area (Å²) in [5.41, 5.74) is 0. The fourth-order valence-corrected chi connectivity index (χ4v) is 3.93. The summed E-state index contributed by atoms with van der Waals surface area (Å²) >= 11 is 2.21. The second-order valence-electron chi connectivity index (χ2n) is 4.54. The van der Waals surface area contributed by atoms with Crippen molar-refractivity contribution in [3.63, 3.8) is 0 Å². The van der Waals surface area contributed by atoms with Gasteiger partial charge in [0.15, 0.2) is 0 Å². The van der Waals surface area contributed by atoms with Gasteiger partial charge in [-0.3, -0.25) is 4.90 Å². The average Bonchev–Trinajstić information content (AvgIpc) is 2.23. The van der Waals surface area contributed by atoms with E-state index >= 15 is 0 Å². The smallest absolute Gasteiger partial charge is 0.0684 e. The van der Waals surface area contributed by atoms with Crippen molar-refractivity contribution in [1.29, 1.82) is 0 Å². The summed E-state index contributed by atoms with van der Waals surface area (Å²) in [6.07, 6.45) is 7.29. The summed E-state index contributed by atoms with van der Waals surface area (Å²) < 4.78 is 0. The Morgan fingerprint density at radius 2 is 2.00 bits per heavy atom. The van der Waals surface area contributed by atoms with Crippen molar-refractivity contribution in [3.8, 4) is 0 Å². The molecule has 0 aromatic heterocycles. The monoisotopic (exact) mass is 214 g/mol. The molecule has 1 saturated heterocycles. The normalized spacial score (nSPS) is 31.9. The topological polar surface area (TPSA) is 15.3 Å². The number of piperazine rings is 1. The van der Waals surface area contributed by atoms with Crippen LogP contribution in [-0.4, -0.2) is 42.2 Å². The van der Waals surface area contributed by atoms with E-state index in [-0.39, 0.29) is 0 Å². The maximum absolute atomic E-state index is 3.49. The standard InChI is InChI=1S/C11H22N2S/c1-13-8-7-12-9-11(13)14-10-5-3-2-4-6-10/h10-12H,2-9H2,1H3. The molecule has 0 aromatic rings. The molecule has 1 saturated carbocycles. The third-order valence-corrected chi connectivity index (χ3v) is 5.05. The minimum absolute atomic E-state index is 0.729. The van der Waals surface area contributed by atoms with Crippen molar-refractivity contribution in [2.45, 2.75) is 42.7 Å². The van der Waals surface area contributed by atoms with E-state index < -0.39 is 0 Å². The number of nitrogens with zero attached hydrogens (tertiary/aromatic N) is 1. The largest absolute Gasteiger partial charge is 0.313 e. The van der Waals surface area contributed by atoms with E-state index in [1.54, 1.807) is 0 Å². The van der Waals surface area contributed by atoms with Crippen LogP contribution in [0.15, 0.2) is 0 Å². The first-order valence-electron chi connectivity index (χ1n) is 5.92. The van der Waals surface area contributed by atoms with Crippen molar-refractivity contribution < 1.29 is 0 Å². The van der Waals surface area contributed by atoms with Crippen LogP contribution < -0.4 is 5.32 Å². The number of hydrogen-bond donors (Lipinski definition) is 1. The molecule has 1 aliphatic carbocycles. The number of likely N-dealkylation sites (N-methyl/N-ethyl adjacent to an activating group) is 1. The first kappa shape index (κ1) is 10.8. The van der Waals surface area contributed by atoms with Crippen LogP contribution in [0.25, 0.3) is 0 Å². The van der Waals surface area contributed by atoms with Crippen LogP contribution in [0.2, 0.25) is 0 Å². The second kappa shape index (κ2) is 5.38. The molecule has 0 spiro atoms. The van der Waals surface area contributed by atoms with Crippen molar-refractivity contribution in [2.75, 3.05) is 26.7 Å². The van der Waals surface area contributed by atoms with Gasteiger partial charge in [-0.15, -0.1) is 11.8 Å². The van der Waals surface area contributed by atoms with E-state index in [9.17, 15) is 0 Å². The molecule has 1 N–H and O–H groups in total. The highest BCUT2D eigenvalue weighted by atomic mass is 32.2. The zero-order chi connectivity index (χ0) is 9.80. The van der Waals surface area contributed by atoms with Gasteiger partial charge in [-0.2, -0.15) is 0 Å². The molecule has 1 aliphatic heterocycles. The fourth-order valence-electron chi connectivity index (χ4n) is 2.36. The molecule has 2 nitrogen and oxygen atoms in total. The van der Waals surface area contributed by atoms with Crippen LogP contribution in [-0.2, 0) is 0 Å². The first-order chi connectivity index (χ1) is 6.86. The molecule has 14 heavy (non-hydrogen) atoms. The number of hydrogen-bond acceptors (Lipinski definition) is 3. The van der Waals surface area contributed by atoms with E-state index in [0.717, 1.165) is 17.2 Å². The molecule has 1 heterocycles. The van der Waals surface area contributed by atoms with Crippen LogP contribution in [0.1, 0.15) is 32.1 Å². The third kappa shape index (κ3) is 2.88. The van der Waals surface area contributed by atoms with Crippen molar-refractivity contribution in [2.24, 2.45) is 0 Å². The van der Waals surface area contributed by atoms with Gasteiger partial charge in [0.05, 0.1) is 5.37 Å². The lowest BCUT2D eigenvalue weighted by molar-refractivity contribution is 0.264. The van der Waals surface area contributed by atoms with E-state index in [4.69, 9.17) is 0 Å². The molecule has 2 fully saturated rings. The van der Waals surface area contributed by atoms with Gasteiger partial charge in [-0.25, -0.2) is 0 Å². The molecular formula is C11H22N2S. The predicted octanol–water partition coefficient (Wildman–Crippen LogP) is 1.91. The molecule has 3 heteroatoms. The summed E-state index contributed by atoms with van der Waals surface area (Å²) in [4.78, 5) is 2.51. The highest BCUT2D eigenvalue weighted by molar-refractivity contribution is 8.00. The highest BCUT2D eigenvalue weighted by Gasteiger charge is 2.23. The highest BCUT2D eigenvalue weighted by Crippen LogP contribution is 2.32. The van der Waals surface area contributed by atoms with Crippen LogP contribution in [0.5, 0.6) is 0 Å². The maximum atomic E-state index is 3.49. The van der Waals surface area contributed by atoms with E-state index in [2.05, 4.69) is 29.0 Å². The van der Waals surface area contributed by atoms with Gasteiger partial charge in [0.2, 0.25) is 0 Å². The maximum Gasteiger partial charge on any atom is 0.0684 e. The Hall–Kier alpha value is 0.270. The summed E-state index contributed by atoms with van der Waals surface area (Å²) in [7, 11) is 2.27. The SMILES string of the molecule is CN1CCNCC1SC1CCCCC1. The van der Waals surface area contributed by atoms with Crippen LogP contribution in [0, 0.1) is 0 Å². The van der Waals surface area contributed by atoms with E-state index in [1.165, 1.54) is 45.2 Å². The van der Waals surface area contributed by atoms with Crippen molar-refractivity contribution in [1.82, 2.24) is 10.2 Å². The first-order valence-corrected chi connectivity index (χ1v) is 6.87. The molecular weight excluding hydrogens is 192 g/mol. The number of nitrogens with one attached hydrogen (secondary N) is 1. The van der Waals surface area contributed by atoms with Gasteiger partial charge < -0.3 is 5.32 Å². The minimum Gasteiger partial charge on any atom is -0.313 e. The Morgan fingerprint density at radius 3 is 2.71 bits per heavy atom. The number of thioether (sulfide) groups is 1. The molecule has 1 unspecified atom stereocenters. The average molecular weight is 214 g/mol. The van der Waals surface area contributed by atoms with Crippen molar-refractivity contribution >= 4 is 11.8 Å². The lowest BCUT2D eigenvalue weighted by Gasteiger charge is -2.35. The summed E-state index contributed by atoms with van der Waals surface area (Å²) in [5, 5.41) is 5.16. The molecule has 2 aliphatic rings. The van der Waals surface area contributed by atoms with Gasteiger partial charge in [0.25, 0.3) is 0 Å². The molecule has 82 valence electrons. The minimum atomic E-state index is 0.729. The third-order valence-electron chi connectivity index (χ3n) is 3.35. The van der Waals surface area contributed by atoms with Crippen molar-refractivity contribution in [3.05, 3.63) is 0 Å². The molecule has 0 bridgehead atoms. The molecule has 1 atom stereocenters. The van der Waals surface area contributed by atoms with Gasteiger partial charge in [-0.05, 0) is 19.9 Å². The van der Waals surface area contributed by atoms with Gasteiger partial charge >= 0.3 is 0 Å². The lowest BCUT2D eigenvalue weighted by Crippen LogP contribution is -2.48. The molecule has 0 amide bonds. The Kier molecular flexibility index (Phi) is 4.14. The van der Waals surface area contributed by atoms with Gasteiger partial charge in [0.1, 0.15) is 0 Å². The predicted molar refractivity (Wildman–Crippen MR) is 63.8 cm³/mol. The Bertz CT molecular complexity index is 169. The van der Waals surface area contributed by atoms with Gasteiger partial charge in [0, 0.05) is 24.9 Å². The van der Waals surface area contributed by atoms with Crippen LogP contribution in [0.3, 0.4) is 0 Å². The Labute approximate surface area is 91.8 Å². The van der Waals surface area contributed by atoms with E-state index in [0.29, 0.717) is 0 Å². The fraction of sp³-hybridized carbons (Fsp3) is 1.00. The lowest BCUT2D eigenvalue weighted by atomic mass is 10.0. The zero-order valence-corrected chi connectivity index (χ0v) is 9.98. The summed E-state index contributed by atoms with van der Waals surface area (Å²) in [6, 6.07) is 0. The Balaban J connectivity index is 1.76. The molecule has 2 rings (SSSR count). The molecule has 0 radical (unpaired) electrons. The quantitative estimate of drug-likeness (QED) is 0.756. The Morgan fingerprint density at radius 1 is 1.21 bits per heavy atom.